The number of aromatic nitrogens is 1. The summed E-state index contributed by atoms with van der Waals surface area (Å²) in [6.07, 6.45) is 6.15. The Morgan fingerprint density at radius 1 is 1.53 bits per heavy atom. The summed E-state index contributed by atoms with van der Waals surface area (Å²) >= 11 is 0. The van der Waals surface area contributed by atoms with E-state index in [0.29, 0.717) is 11.6 Å². The second-order valence-electron chi connectivity index (χ2n) is 3.93. The van der Waals surface area contributed by atoms with Crippen LogP contribution < -0.4 is 0 Å². The predicted molar refractivity (Wildman–Crippen MR) is 55.6 cm³/mol. The van der Waals surface area contributed by atoms with Crippen LogP contribution in [0.5, 0.6) is 5.75 Å². The number of carbonyl (C=O) groups excluding carboxylic acids is 1. The maximum atomic E-state index is 11.9. The second-order valence-corrected chi connectivity index (χ2v) is 3.93. The van der Waals surface area contributed by atoms with Gasteiger partial charge in [-0.25, -0.2) is 0 Å². The molecule has 4 nitrogen and oxygen atoms in total. The van der Waals surface area contributed by atoms with Gasteiger partial charge < -0.3 is 10.0 Å². The second kappa shape index (κ2) is 3.88. The molecule has 1 aliphatic rings. The first-order valence-corrected chi connectivity index (χ1v) is 5.09. The van der Waals surface area contributed by atoms with Crippen molar-refractivity contribution in [1.82, 2.24) is 9.88 Å². The number of hydrogen-bond donors (Lipinski definition) is 1. The molecule has 1 aromatic heterocycles. The zero-order valence-electron chi connectivity index (χ0n) is 8.68. The highest BCUT2D eigenvalue weighted by atomic mass is 16.3. The zero-order valence-corrected chi connectivity index (χ0v) is 8.68. The third-order valence-corrected chi connectivity index (χ3v) is 2.91. The molecule has 0 unspecified atom stereocenters. The quantitative estimate of drug-likeness (QED) is 0.796. The molecule has 0 spiro atoms. The fourth-order valence-electron chi connectivity index (χ4n) is 1.69. The lowest BCUT2D eigenvalue weighted by Gasteiger charge is -2.34. The van der Waals surface area contributed by atoms with Crippen LogP contribution in [0.15, 0.2) is 18.5 Å². The molecule has 1 heterocycles. The lowest BCUT2D eigenvalue weighted by molar-refractivity contribution is 0.0651. The highest BCUT2D eigenvalue weighted by Gasteiger charge is 2.26. The van der Waals surface area contributed by atoms with Crippen LogP contribution in [0.1, 0.15) is 29.6 Å². The predicted octanol–water partition coefficient (Wildman–Crippen LogP) is 1.41. The Bertz CT molecular complexity index is 375. The van der Waals surface area contributed by atoms with Crippen LogP contribution in [0, 0.1) is 0 Å². The minimum atomic E-state index is -0.0666. The summed E-state index contributed by atoms with van der Waals surface area (Å²) in [6, 6.07) is 1.81. The summed E-state index contributed by atoms with van der Waals surface area (Å²) in [4.78, 5) is 17.4. The fourth-order valence-corrected chi connectivity index (χ4v) is 1.69. The lowest BCUT2D eigenvalue weighted by atomic mass is 9.91. The molecule has 0 bridgehead atoms. The largest absolute Gasteiger partial charge is 0.506 e. The van der Waals surface area contributed by atoms with Gasteiger partial charge in [0.2, 0.25) is 0 Å². The van der Waals surface area contributed by atoms with Crippen LogP contribution in [0.25, 0.3) is 0 Å². The number of aromatic hydroxyl groups is 1. The molecule has 0 aliphatic heterocycles. The van der Waals surface area contributed by atoms with Gasteiger partial charge in [0, 0.05) is 19.3 Å². The summed E-state index contributed by atoms with van der Waals surface area (Å²) in [6.45, 7) is 0. The normalized spacial score (nSPS) is 15.8. The number of pyridine rings is 1. The van der Waals surface area contributed by atoms with Crippen molar-refractivity contribution >= 4 is 5.91 Å². The molecule has 2 rings (SSSR count). The summed E-state index contributed by atoms with van der Waals surface area (Å²) in [7, 11) is 1.80. The van der Waals surface area contributed by atoms with E-state index in [4.69, 9.17) is 0 Å². The Kier molecular flexibility index (Phi) is 2.58. The van der Waals surface area contributed by atoms with Crippen molar-refractivity contribution in [3.05, 3.63) is 24.0 Å². The van der Waals surface area contributed by atoms with Crippen molar-refractivity contribution in [2.75, 3.05) is 7.05 Å². The Balaban J connectivity index is 2.12. The summed E-state index contributed by atoms with van der Waals surface area (Å²) in [5, 5.41) is 9.22. The van der Waals surface area contributed by atoms with Crippen molar-refractivity contribution < 1.29 is 9.90 Å². The number of carbonyl (C=O) groups is 1. The van der Waals surface area contributed by atoms with Crippen molar-refractivity contribution in [3.63, 3.8) is 0 Å². The number of nitrogens with zero attached hydrogens (tertiary/aromatic N) is 2. The van der Waals surface area contributed by atoms with Crippen molar-refractivity contribution in [1.29, 1.82) is 0 Å². The lowest BCUT2D eigenvalue weighted by Crippen LogP contribution is -2.41. The molecule has 4 heteroatoms. The fraction of sp³-hybridized carbons (Fsp3) is 0.455. The first-order chi connectivity index (χ1) is 7.18. The molecule has 1 N–H and O–H groups in total. The summed E-state index contributed by atoms with van der Waals surface area (Å²) in [5.41, 5.74) is 0.449. The van der Waals surface area contributed by atoms with E-state index in [2.05, 4.69) is 4.98 Å². The van der Waals surface area contributed by atoms with Crippen LogP contribution in [0.2, 0.25) is 0 Å². The van der Waals surface area contributed by atoms with Crippen molar-refractivity contribution in [3.8, 4) is 5.75 Å². The molecule has 80 valence electrons. The molecule has 0 atom stereocenters. The maximum absolute atomic E-state index is 11.9. The monoisotopic (exact) mass is 206 g/mol. The molecular formula is C11H14N2O2. The highest BCUT2D eigenvalue weighted by molar-refractivity contribution is 5.94. The van der Waals surface area contributed by atoms with E-state index in [-0.39, 0.29) is 11.7 Å². The van der Waals surface area contributed by atoms with Gasteiger partial charge in [-0.2, -0.15) is 0 Å². The Hall–Kier alpha value is -1.58. The Morgan fingerprint density at radius 2 is 2.27 bits per heavy atom. The zero-order chi connectivity index (χ0) is 10.8. The highest BCUT2D eigenvalue weighted by Crippen LogP contribution is 2.25. The number of amides is 1. The molecular weight excluding hydrogens is 192 g/mol. The van der Waals surface area contributed by atoms with E-state index in [1.807, 2.05) is 0 Å². The number of hydrogen-bond acceptors (Lipinski definition) is 3. The maximum Gasteiger partial charge on any atom is 0.255 e. The Morgan fingerprint density at radius 3 is 2.80 bits per heavy atom. The topological polar surface area (TPSA) is 53.4 Å². The van der Waals surface area contributed by atoms with E-state index in [0.717, 1.165) is 12.8 Å². The molecule has 0 aromatic carbocycles. The van der Waals surface area contributed by atoms with Crippen LogP contribution in [-0.4, -0.2) is 34.0 Å². The van der Waals surface area contributed by atoms with Crippen LogP contribution in [0.3, 0.4) is 0 Å². The summed E-state index contributed by atoms with van der Waals surface area (Å²) < 4.78 is 0. The van der Waals surface area contributed by atoms with E-state index < -0.39 is 0 Å². The minimum absolute atomic E-state index is 0.0304. The van der Waals surface area contributed by atoms with Gasteiger partial charge in [0.1, 0.15) is 5.75 Å². The van der Waals surface area contributed by atoms with Gasteiger partial charge in [0.25, 0.3) is 5.91 Å². The van der Waals surface area contributed by atoms with Crippen LogP contribution >= 0.6 is 0 Å². The first kappa shape index (κ1) is 9.96. The third kappa shape index (κ3) is 1.93. The van der Waals surface area contributed by atoms with Crippen LogP contribution in [0.4, 0.5) is 0 Å². The van der Waals surface area contributed by atoms with Crippen molar-refractivity contribution in [2.45, 2.75) is 25.3 Å². The molecule has 1 amide bonds. The standard InChI is InChI=1S/C11H14N2O2/c1-13(9-3-2-4-9)11(15)8-5-10(14)7-12-6-8/h5-7,9,14H,2-4H2,1H3. The van der Waals surface area contributed by atoms with Gasteiger partial charge >= 0.3 is 0 Å². The van der Waals surface area contributed by atoms with E-state index in [1.54, 1.807) is 11.9 Å². The van der Waals surface area contributed by atoms with Crippen molar-refractivity contribution in [2.24, 2.45) is 0 Å². The average molecular weight is 206 g/mol. The van der Waals surface area contributed by atoms with Crippen LogP contribution in [-0.2, 0) is 0 Å². The van der Waals surface area contributed by atoms with E-state index in [1.165, 1.54) is 24.9 Å². The molecule has 15 heavy (non-hydrogen) atoms. The third-order valence-electron chi connectivity index (χ3n) is 2.91. The smallest absolute Gasteiger partial charge is 0.255 e. The molecule has 1 fully saturated rings. The molecule has 1 aromatic rings. The summed E-state index contributed by atoms with van der Waals surface area (Å²) in [5.74, 6) is -0.0361. The van der Waals surface area contributed by atoms with Gasteiger partial charge in [0.15, 0.2) is 0 Å². The molecule has 0 saturated heterocycles. The van der Waals surface area contributed by atoms with Gasteiger partial charge in [0.05, 0.1) is 11.8 Å². The molecule has 1 aliphatic carbocycles. The van der Waals surface area contributed by atoms with Gasteiger partial charge in [-0.1, -0.05) is 0 Å². The molecule has 0 radical (unpaired) electrons. The minimum Gasteiger partial charge on any atom is -0.506 e. The number of rotatable bonds is 2. The van der Waals surface area contributed by atoms with Gasteiger partial charge in [-0.15, -0.1) is 0 Å². The molecule has 1 saturated carbocycles. The van der Waals surface area contributed by atoms with Gasteiger partial charge in [-0.3, -0.25) is 9.78 Å². The van der Waals surface area contributed by atoms with Gasteiger partial charge in [-0.05, 0) is 25.3 Å². The first-order valence-electron chi connectivity index (χ1n) is 5.09. The van der Waals surface area contributed by atoms with E-state index in [9.17, 15) is 9.90 Å². The Labute approximate surface area is 88.6 Å². The average Bonchev–Trinajstić information content (AvgIpc) is 2.14. The van der Waals surface area contributed by atoms with E-state index >= 15 is 0 Å². The SMILES string of the molecule is CN(C(=O)c1cncc(O)c1)C1CCC1.